The van der Waals surface area contributed by atoms with Crippen LogP contribution in [-0.4, -0.2) is 94.1 Å². The number of rotatable bonds is 5. The number of benzene rings is 1. The number of hydrogen-bond donors (Lipinski definition) is 0. The van der Waals surface area contributed by atoms with Crippen molar-refractivity contribution in [3.8, 4) is 5.75 Å². The number of aryl methyl sites for hydroxylation is 2. The number of ether oxygens (including phenoxy) is 1. The molecule has 11 heteroatoms. The number of anilines is 2. The molecule has 2 fully saturated rings. The summed E-state index contributed by atoms with van der Waals surface area (Å²) in [6.45, 7) is 9.33. The number of sulfonamides is 1. The number of aromatic nitrogens is 2. The summed E-state index contributed by atoms with van der Waals surface area (Å²) in [6.07, 6.45) is 0. The number of likely N-dealkylation sites (N-methyl/N-ethyl adjacent to an activating group) is 1. The Kier molecular flexibility index (Phi) is 6.99. The van der Waals surface area contributed by atoms with Crippen molar-refractivity contribution in [2.75, 3.05) is 76.3 Å². The second-order valence-electron chi connectivity index (χ2n) is 8.60. The maximum atomic E-state index is 13.3. The normalized spacial score (nSPS) is 18.6. The van der Waals surface area contributed by atoms with E-state index in [1.807, 2.05) is 19.9 Å². The largest absolute Gasteiger partial charge is 0.495 e. The Labute approximate surface area is 201 Å². The second-order valence-corrected chi connectivity index (χ2v) is 10.9. The summed E-state index contributed by atoms with van der Waals surface area (Å²) in [7, 11) is -0.153. The molecule has 0 atom stereocenters. The van der Waals surface area contributed by atoms with Crippen LogP contribution in [-0.2, 0) is 10.0 Å². The van der Waals surface area contributed by atoms with E-state index < -0.39 is 10.0 Å². The van der Waals surface area contributed by atoms with Crippen molar-refractivity contribution in [3.63, 3.8) is 0 Å². The molecule has 0 radical (unpaired) electrons. The third-order valence-electron chi connectivity index (χ3n) is 6.24. The maximum absolute atomic E-state index is 13.3. The first-order chi connectivity index (χ1) is 15.7. The van der Waals surface area contributed by atoms with Crippen LogP contribution in [0.25, 0.3) is 0 Å². The van der Waals surface area contributed by atoms with Gasteiger partial charge in [0.25, 0.3) is 0 Å². The molecular weight excluding hydrogens is 464 g/mol. The molecule has 33 heavy (non-hydrogen) atoms. The molecule has 0 saturated carbocycles. The summed E-state index contributed by atoms with van der Waals surface area (Å²) < 4.78 is 33.5. The Morgan fingerprint density at radius 2 is 1.55 bits per heavy atom. The summed E-state index contributed by atoms with van der Waals surface area (Å²) >= 11 is 6.22. The minimum atomic E-state index is -3.74. The number of hydrogen-bond acceptors (Lipinski definition) is 8. The fourth-order valence-corrected chi connectivity index (χ4v) is 5.95. The third kappa shape index (κ3) is 5.03. The van der Waals surface area contributed by atoms with E-state index >= 15 is 0 Å². The Bertz CT molecular complexity index is 1110. The Morgan fingerprint density at radius 1 is 0.909 bits per heavy atom. The Hall–Kier alpha value is -2.14. The molecule has 2 aromatic rings. The number of methoxy groups -OCH3 is 1. The zero-order valence-electron chi connectivity index (χ0n) is 19.6. The monoisotopic (exact) mass is 494 g/mol. The highest BCUT2D eigenvalue weighted by Gasteiger charge is 2.32. The van der Waals surface area contributed by atoms with E-state index in [-0.39, 0.29) is 4.90 Å². The van der Waals surface area contributed by atoms with Crippen molar-refractivity contribution < 1.29 is 13.2 Å². The van der Waals surface area contributed by atoms with Gasteiger partial charge in [0.05, 0.1) is 7.11 Å². The van der Waals surface area contributed by atoms with E-state index in [1.54, 1.807) is 6.07 Å². The topological polar surface area (TPSA) is 82.1 Å². The van der Waals surface area contributed by atoms with Crippen LogP contribution in [0.3, 0.4) is 0 Å². The smallest absolute Gasteiger partial charge is 0.246 e. The van der Waals surface area contributed by atoms with Crippen LogP contribution in [0.2, 0.25) is 5.02 Å². The number of halogens is 1. The molecule has 9 nitrogen and oxygen atoms in total. The molecule has 1 aromatic heterocycles. The van der Waals surface area contributed by atoms with Crippen molar-refractivity contribution in [3.05, 3.63) is 34.5 Å². The van der Waals surface area contributed by atoms with E-state index in [0.29, 0.717) is 42.9 Å². The number of piperazine rings is 2. The summed E-state index contributed by atoms with van der Waals surface area (Å²) in [5.74, 6) is 1.88. The predicted molar refractivity (Wildman–Crippen MR) is 130 cm³/mol. The molecular formula is C22H31ClN6O3S. The van der Waals surface area contributed by atoms with Gasteiger partial charge < -0.3 is 19.4 Å². The van der Waals surface area contributed by atoms with Crippen LogP contribution in [0, 0.1) is 13.8 Å². The zero-order chi connectivity index (χ0) is 23.8. The number of nitrogens with zero attached hydrogens (tertiary/aromatic N) is 6. The molecule has 0 amide bonds. The minimum absolute atomic E-state index is 0.0956. The van der Waals surface area contributed by atoms with Gasteiger partial charge >= 0.3 is 0 Å². The van der Waals surface area contributed by atoms with Crippen molar-refractivity contribution in [1.82, 2.24) is 19.2 Å². The molecule has 2 aliphatic heterocycles. The predicted octanol–water partition coefficient (Wildman–Crippen LogP) is 2.02. The summed E-state index contributed by atoms with van der Waals surface area (Å²) in [5, 5.41) is 0.401. The molecule has 0 spiro atoms. The van der Waals surface area contributed by atoms with Crippen molar-refractivity contribution >= 4 is 33.4 Å². The molecule has 0 aliphatic carbocycles. The standard InChI is InChI=1S/C22H31ClN6O3S/c1-16-13-19(32-4)20(15-18(16)23)33(30,31)29-11-9-28(10-12-29)22-24-17(2)14-21(25-22)27-7-5-26(3)6-8-27/h13-15H,5-12H2,1-4H3. The molecule has 3 heterocycles. The average Bonchev–Trinajstić information content (AvgIpc) is 2.80. The summed E-state index contributed by atoms with van der Waals surface area (Å²) in [5.41, 5.74) is 1.67. The highest BCUT2D eigenvalue weighted by Crippen LogP contribution is 2.32. The van der Waals surface area contributed by atoms with Gasteiger partial charge in [-0.2, -0.15) is 9.29 Å². The van der Waals surface area contributed by atoms with Gasteiger partial charge in [0.15, 0.2) is 0 Å². The molecule has 0 bridgehead atoms. The van der Waals surface area contributed by atoms with Gasteiger partial charge in [-0.05, 0) is 38.6 Å². The average molecular weight is 495 g/mol. The Morgan fingerprint density at radius 3 is 2.18 bits per heavy atom. The van der Waals surface area contributed by atoms with E-state index in [2.05, 4.69) is 26.7 Å². The van der Waals surface area contributed by atoms with Crippen molar-refractivity contribution in [2.45, 2.75) is 18.7 Å². The van der Waals surface area contributed by atoms with Crippen molar-refractivity contribution in [1.29, 1.82) is 0 Å². The fourth-order valence-electron chi connectivity index (χ4n) is 4.14. The fraction of sp³-hybridized carbons (Fsp3) is 0.545. The van der Waals surface area contributed by atoms with Crippen LogP contribution in [0.15, 0.2) is 23.1 Å². The van der Waals surface area contributed by atoms with Crippen LogP contribution in [0.4, 0.5) is 11.8 Å². The molecule has 2 aliphatic rings. The molecule has 4 rings (SSSR count). The quantitative estimate of drug-likeness (QED) is 0.624. The highest BCUT2D eigenvalue weighted by molar-refractivity contribution is 7.89. The van der Waals surface area contributed by atoms with Crippen LogP contribution >= 0.6 is 11.6 Å². The molecule has 0 unspecified atom stereocenters. The van der Waals surface area contributed by atoms with Crippen LogP contribution in [0.5, 0.6) is 5.75 Å². The van der Waals surface area contributed by atoms with Crippen LogP contribution < -0.4 is 14.5 Å². The Balaban J connectivity index is 1.50. The molecule has 2 saturated heterocycles. The van der Waals surface area contributed by atoms with Gasteiger partial charge in [-0.1, -0.05) is 11.6 Å². The van der Waals surface area contributed by atoms with Crippen LogP contribution in [0.1, 0.15) is 11.3 Å². The molecule has 1 aromatic carbocycles. The van der Waals surface area contributed by atoms with E-state index in [1.165, 1.54) is 17.5 Å². The summed E-state index contributed by atoms with van der Waals surface area (Å²) in [4.78, 5) is 16.2. The lowest BCUT2D eigenvalue weighted by molar-refractivity contribution is 0.312. The summed E-state index contributed by atoms with van der Waals surface area (Å²) in [6, 6.07) is 5.15. The highest BCUT2D eigenvalue weighted by atomic mass is 35.5. The van der Waals surface area contributed by atoms with Gasteiger partial charge in [-0.25, -0.2) is 13.4 Å². The van der Waals surface area contributed by atoms with E-state index in [4.69, 9.17) is 21.3 Å². The lowest BCUT2D eigenvalue weighted by Crippen LogP contribution is -2.49. The first kappa shape index (κ1) is 24.0. The SMILES string of the molecule is COc1cc(C)c(Cl)cc1S(=O)(=O)N1CCN(c2nc(C)cc(N3CCN(C)CC3)n2)CC1. The maximum Gasteiger partial charge on any atom is 0.246 e. The van der Waals surface area contributed by atoms with Gasteiger partial charge in [0.1, 0.15) is 16.5 Å². The molecule has 0 N–H and O–H groups in total. The van der Waals surface area contributed by atoms with Crippen molar-refractivity contribution in [2.24, 2.45) is 0 Å². The first-order valence-corrected chi connectivity index (χ1v) is 12.9. The van der Waals surface area contributed by atoms with Gasteiger partial charge in [0.2, 0.25) is 16.0 Å². The first-order valence-electron chi connectivity index (χ1n) is 11.1. The lowest BCUT2D eigenvalue weighted by atomic mass is 10.2. The minimum Gasteiger partial charge on any atom is -0.495 e. The molecule has 180 valence electrons. The van der Waals surface area contributed by atoms with Gasteiger partial charge in [-0.3, -0.25) is 0 Å². The second kappa shape index (κ2) is 9.61. The third-order valence-corrected chi connectivity index (χ3v) is 8.57. The lowest BCUT2D eigenvalue weighted by Gasteiger charge is -2.36. The zero-order valence-corrected chi connectivity index (χ0v) is 21.2. The van der Waals surface area contributed by atoms with E-state index in [9.17, 15) is 8.42 Å². The van der Waals surface area contributed by atoms with E-state index in [0.717, 1.165) is 43.3 Å². The van der Waals surface area contributed by atoms with Gasteiger partial charge in [-0.15, -0.1) is 0 Å². The van der Waals surface area contributed by atoms with Gasteiger partial charge in [0, 0.05) is 69.1 Å².